The summed E-state index contributed by atoms with van der Waals surface area (Å²) in [6, 6.07) is 0.572. The SMILES string of the molecule is C[C@@H]1C[C@@](O)(C(=O)CCCO)[C@H]2CCCC[C@@H]2N1C. The minimum absolute atomic E-state index is 0.0192. The third kappa shape index (κ3) is 2.71. The molecule has 1 saturated carbocycles. The van der Waals surface area contributed by atoms with Gasteiger partial charge in [-0.2, -0.15) is 0 Å². The third-order valence-electron chi connectivity index (χ3n) is 5.21. The van der Waals surface area contributed by atoms with Gasteiger partial charge in [0, 0.05) is 31.0 Å². The van der Waals surface area contributed by atoms with E-state index in [1.165, 1.54) is 6.42 Å². The highest BCUT2D eigenvalue weighted by Crippen LogP contribution is 2.44. The van der Waals surface area contributed by atoms with Crippen LogP contribution in [0.25, 0.3) is 0 Å². The molecule has 0 spiro atoms. The second kappa shape index (κ2) is 5.90. The number of aliphatic hydroxyl groups is 2. The third-order valence-corrected chi connectivity index (χ3v) is 5.21. The molecule has 1 saturated heterocycles. The van der Waals surface area contributed by atoms with Crippen LogP contribution in [0.1, 0.15) is 51.9 Å². The quantitative estimate of drug-likeness (QED) is 0.808. The Labute approximate surface area is 115 Å². The number of likely N-dealkylation sites (tertiary alicyclic amines) is 1. The van der Waals surface area contributed by atoms with Gasteiger partial charge in [-0.15, -0.1) is 0 Å². The molecule has 1 aliphatic heterocycles. The van der Waals surface area contributed by atoms with Crippen molar-refractivity contribution in [1.29, 1.82) is 0 Å². The van der Waals surface area contributed by atoms with Gasteiger partial charge in [-0.3, -0.25) is 4.79 Å². The van der Waals surface area contributed by atoms with Gasteiger partial charge in [0.2, 0.25) is 0 Å². The number of rotatable bonds is 4. The van der Waals surface area contributed by atoms with Gasteiger partial charge in [0.05, 0.1) is 0 Å². The zero-order chi connectivity index (χ0) is 14.0. The fourth-order valence-corrected chi connectivity index (χ4v) is 4.01. The van der Waals surface area contributed by atoms with Gasteiger partial charge in [0.15, 0.2) is 5.78 Å². The average molecular weight is 269 g/mol. The van der Waals surface area contributed by atoms with Crippen LogP contribution in [0.2, 0.25) is 0 Å². The predicted molar refractivity (Wildman–Crippen MR) is 73.9 cm³/mol. The Morgan fingerprint density at radius 2 is 2.05 bits per heavy atom. The van der Waals surface area contributed by atoms with Crippen LogP contribution >= 0.6 is 0 Å². The van der Waals surface area contributed by atoms with Crippen LogP contribution in [0.3, 0.4) is 0 Å². The molecule has 4 atom stereocenters. The molecule has 1 heterocycles. The first kappa shape index (κ1) is 14.9. The molecule has 4 nitrogen and oxygen atoms in total. The lowest BCUT2D eigenvalue weighted by Gasteiger charge is -2.53. The van der Waals surface area contributed by atoms with Crippen molar-refractivity contribution in [2.75, 3.05) is 13.7 Å². The maximum Gasteiger partial charge on any atom is 0.164 e. The standard InChI is InChI=1S/C15H27NO3/c1-11-10-15(19,14(18)8-5-9-17)12-6-3-4-7-13(12)16(11)2/h11-13,17,19H,3-10H2,1-2H3/t11-,12+,13+,15+/m1/s1. The van der Waals surface area contributed by atoms with Gasteiger partial charge in [0.25, 0.3) is 0 Å². The van der Waals surface area contributed by atoms with E-state index in [1.807, 2.05) is 0 Å². The average Bonchev–Trinajstić information content (AvgIpc) is 2.42. The van der Waals surface area contributed by atoms with E-state index in [0.29, 0.717) is 25.3 Å². The molecule has 0 unspecified atom stereocenters. The normalized spacial score (nSPS) is 39.9. The Morgan fingerprint density at radius 3 is 2.74 bits per heavy atom. The molecule has 110 valence electrons. The number of carbonyl (C=O) groups excluding carboxylic acids is 1. The molecular formula is C15H27NO3. The number of carbonyl (C=O) groups is 1. The molecule has 2 N–H and O–H groups in total. The Balaban J connectivity index is 2.19. The molecular weight excluding hydrogens is 242 g/mol. The smallest absolute Gasteiger partial charge is 0.164 e. The minimum atomic E-state index is -1.16. The molecule has 1 aliphatic carbocycles. The van der Waals surface area contributed by atoms with E-state index in [1.54, 1.807) is 0 Å². The lowest BCUT2D eigenvalue weighted by molar-refractivity contribution is -0.164. The molecule has 0 aromatic carbocycles. The molecule has 2 fully saturated rings. The Morgan fingerprint density at radius 1 is 1.37 bits per heavy atom. The molecule has 0 bridgehead atoms. The number of Topliss-reactive ketones (excluding diaryl/α,β-unsaturated/α-hetero) is 1. The Kier molecular flexibility index (Phi) is 4.64. The van der Waals surface area contributed by atoms with E-state index in [0.717, 1.165) is 19.3 Å². The number of ketones is 1. The van der Waals surface area contributed by atoms with Crippen LogP contribution < -0.4 is 0 Å². The van der Waals surface area contributed by atoms with Crippen molar-refractivity contribution < 1.29 is 15.0 Å². The number of fused-ring (bicyclic) bond motifs is 1. The zero-order valence-electron chi connectivity index (χ0n) is 12.1. The van der Waals surface area contributed by atoms with Crippen molar-refractivity contribution in [3.63, 3.8) is 0 Å². The molecule has 0 aromatic heterocycles. The molecule has 4 heteroatoms. The summed E-state index contributed by atoms with van der Waals surface area (Å²) < 4.78 is 0. The maximum absolute atomic E-state index is 12.4. The number of aliphatic hydroxyl groups excluding tert-OH is 1. The summed E-state index contributed by atoms with van der Waals surface area (Å²) in [5, 5.41) is 19.9. The van der Waals surface area contributed by atoms with Crippen LogP contribution in [0.5, 0.6) is 0 Å². The number of hydrogen-bond donors (Lipinski definition) is 2. The van der Waals surface area contributed by atoms with Crippen molar-refractivity contribution >= 4 is 5.78 Å². The highest BCUT2D eigenvalue weighted by atomic mass is 16.3. The van der Waals surface area contributed by atoms with Crippen molar-refractivity contribution in [3.8, 4) is 0 Å². The van der Waals surface area contributed by atoms with Crippen LogP contribution in [0.15, 0.2) is 0 Å². The van der Waals surface area contributed by atoms with Crippen LogP contribution in [-0.4, -0.2) is 52.2 Å². The summed E-state index contributed by atoms with van der Waals surface area (Å²) >= 11 is 0. The van der Waals surface area contributed by atoms with E-state index in [2.05, 4.69) is 18.9 Å². The van der Waals surface area contributed by atoms with Crippen LogP contribution in [0.4, 0.5) is 0 Å². The lowest BCUT2D eigenvalue weighted by atomic mass is 9.65. The number of hydrogen-bond acceptors (Lipinski definition) is 4. The lowest BCUT2D eigenvalue weighted by Crippen LogP contribution is -2.63. The van der Waals surface area contributed by atoms with Crippen molar-refractivity contribution in [2.45, 2.75) is 69.6 Å². The van der Waals surface area contributed by atoms with E-state index in [4.69, 9.17) is 5.11 Å². The first-order chi connectivity index (χ1) is 9.00. The van der Waals surface area contributed by atoms with Gasteiger partial charge in [-0.25, -0.2) is 0 Å². The van der Waals surface area contributed by atoms with E-state index >= 15 is 0 Å². The summed E-state index contributed by atoms with van der Waals surface area (Å²) in [6.07, 6.45) is 5.63. The largest absolute Gasteiger partial charge is 0.396 e. The molecule has 0 aromatic rings. The zero-order valence-corrected chi connectivity index (χ0v) is 12.1. The van der Waals surface area contributed by atoms with Gasteiger partial charge in [0.1, 0.15) is 5.60 Å². The Hall–Kier alpha value is -0.450. The summed E-state index contributed by atoms with van der Waals surface area (Å²) in [7, 11) is 2.12. The highest BCUT2D eigenvalue weighted by Gasteiger charge is 2.53. The molecule has 19 heavy (non-hydrogen) atoms. The van der Waals surface area contributed by atoms with E-state index in [9.17, 15) is 9.90 Å². The van der Waals surface area contributed by atoms with E-state index in [-0.39, 0.29) is 24.3 Å². The first-order valence-electron chi connectivity index (χ1n) is 7.59. The number of piperidine rings is 1. The van der Waals surface area contributed by atoms with Gasteiger partial charge in [-0.1, -0.05) is 12.8 Å². The highest BCUT2D eigenvalue weighted by molar-refractivity contribution is 5.87. The van der Waals surface area contributed by atoms with Crippen molar-refractivity contribution in [2.24, 2.45) is 5.92 Å². The van der Waals surface area contributed by atoms with Gasteiger partial charge in [-0.05, 0) is 39.7 Å². The van der Waals surface area contributed by atoms with Crippen molar-refractivity contribution in [1.82, 2.24) is 4.90 Å². The second-order valence-corrected chi connectivity index (χ2v) is 6.35. The van der Waals surface area contributed by atoms with Crippen LogP contribution in [-0.2, 0) is 4.79 Å². The fourth-order valence-electron chi connectivity index (χ4n) is 4.01. The summed E-state index contributed by atoms with van der Waals surface area (Å²) in [5.74, 6) is 0.0204. The molecule has 2 aliphatic rings. The molecule has 0 radical (unpaired) electrons. The molecule has 0 amide bonds. The maximum atomic E-state index is 12.4. The van der Waals surface area contributed by atoms with Crippen molar-refractivity contribution in [3.05, 3.63) is 0 Å². The van der Waals surface area contributed by atoms with Gasteiger partial charge >= 0.3 is 0 Å². The monoisotopic (exact) mass is 269 g/mol. The van der Waals surface area contributed by atoms with Gasteiger partial charge < -0.3 is 15.1 Å². The predicted octanol–water partition coefficient (Wildman–Crippen LogP) is 1.34. The summed E-state index contributed by atoms with van der Waals surface area (Å²) in [6.45, 7) is 2.11. The fraction of sp³-hybridized carbons (Fsp3) is 0.933. The number of nitrogens with zero attached hydrogens (tertiary/aromatic N) is 1. The summed E-state index contributed by atoms with van der Waals surface area (Å²) in [4.78, 5) is 14.8. The molecule has 2 rings (SSSR count). The second-order valence-electron chi connectivity index (χ2n) is 6.35. The summed E-state index contributed by atoms with van der Waals surface area (Å²) in [5.41, 5.74) is -1.16. The van der Waals surface area contributed by atoms with Crippen LogP contribution in [0, 0.1) is 5.92 Å². The minimum Gasteiger partial charge on any atom is -0.396 e. The Bertz CT molecular complexity index is 333. The van der Waals surface area contributed by atoms with E-state index < -0.39 is 5.60 Å². The first-order valence-corrected chi connectivity index (χ1v) is 7.59. The topological polar surface area (TPSA) is 60.8 Å².